The van der Waals surface area contributed by atoms with E-state index in [0.717, 1.165) is 22.3 Å². The van der Waals surface area contributed by atoms with Crippen LogP contribution in [-0.4, -0.2) is 52.2 Å². The highest BCUT2D eigenvalue weighted by atomic mass is 16.7. The molecule has 7 heteroatoms. The summed E-state index contributed by atoms with van der Waals surface area (Å²) in [4.78, 5) is 2.27. The van der Waals surface area contributed by atoms with E-state index in [4.69, 9.17) is 28.4 Å². The minimum atomic E-state index is -0.342. The Morgan fingerprint density at radius 3 is 1.64 bits per heavy atom. The molecule has 0 heterocycles. The van der Waals surface area contributed by atoms with Crippen molar-refractivity contribution in [2.75, 3.05) is 41.0 Å². The quantitative estimate of drug-likeness (QED) is 0.110. The standard InChI is InChI=1S/C37H45NO6/c1-6-41-37(42-7-2)25-38(3)32(31-19-21-34(40-5)36(24-31)44-27-29-16-12-9-13-17-29)22-30-18-20-33(39-4)35(23-30)43-26-28-14-10-8-11-15-28/h8-21,23-24,32,37H,6-7,22,25-27H2,1-5H3. The molecule has 0 fully saturated rings. The van der Waals surface area contributed by atoms with Crippen LogP contribution in [0.5, 0.6) is 23.0 Å². The summed E-state index contributed by atoms with van der Waals surface area (Å²) in [6.45, 7) is 6.60. The van der Waals surface area contributed by atoms with Crippen molar-refractivity contribution in [3.63, 3.8) is 0 Å². The number of methoxy groups -OCH3 is 2. The van der Waals surface area contributed by atoms with Crippen LogP contribution in [0, 0.1) is 0 Å². The lowest BCUT2D eigenvalue weighted by atomic mass is 9.96. The van der Waals surface area contributed by atoms with Crippen molar-refractivity contribution in [3.8, 4) is 23.0 Å². The van der Waals surface area contributed by atoms with Gasteiger partial charge in [0.1, 0.15) is 13.2 Å². The second kappa shape index (κ2) is 17.3. The molecule has 4 aromatic carbocycles. The maximum atomic E-state index is 6.29. The van der Waals surface area contributed by atoms with Crippen LogP contribution in [0.15, 0.2) is 97.1 Å². The van der Waals surface area contributed by atoms with Gasteiger partial charge in [0.2, 0.25) is 0 Å². The maximum Gasteiger partial charge on any atom is 0.170 e. The van der Waals surface area contributed by atoms with Gasteiger partial charge in [0.05, 0.1) is 14.2 Å². The molecule has 4 rings (SSSR count). The van der Waals surface area contributed by atoms with Gasteiger partial charge in [-0.2, -0.15) is 0 Å². The molecule has 7 nitrogen and oxygen atoms in total. The van der Waals surface area contributed by atoms with E-state index in [0.29, 0.717) is 62.4 Å². The molecular formula is C37H45NO6. The van der Waals surface area contributed by atoms with Gasteiger partial charge in [-0.3, -0.25) is 4.90 Å². The Morgan fingerprint density at radius 2 is 1.11 bits per heavy atom. The van der Waals surface area contributed by atoms with Crippen LogP contribution in [0.4, 0.5) is 0 Å². The van der Waals surface area contributed by atoms with Gasteiger partial charge in [-0.05, 0) is 73.8 Å². The van der Waals surface area contributed by atoms with E-state index in [1.807, 2.05) is 62.4 Å². The summed E-state index contributed by atoms with van der Waals surface area (Å²) in [6, 6.07) is 32.5. The Labute approximate surface area is 262 Å². The molecule has 1 atom stereocenters. The van der Waals surface area contributed by atoms with E-state index in [1.165, 1.54) is 0 Å². The Kier molecular flexibility index (Phi) is 12.9. The number of likely N-dealkylation sites (N-methyl/N-ethyl adjacent to an activating group) is 1. The summed E-state index contributed by atoms with van der Waals surface area (Å²) in [5, 5.41) is 0. The number of rotatable bonds is 18. The van der Waals surface area contributed by atoms with E-state index >= 15 is 0 Å². The zero-order valence-corrected chi connectivity index (χ0v) is 26.5. The van der Waals surface area contributed by atoms with Crippen molar-refractivity contribution in [3.05, 3.63) is 119 Å². The highest BCUT2D eigenvalue weighted by molar-refractivity contribution is 5.46. The van der Waals surface area contributed by atoms with Gasteiger partial charge < -0.3 is 28.4 Å². The molecule has 0 N–H and O–H groups in total. The molecule has 0 saturated heterocycles. The summed E-state index contributed by atoms with van der Waals surface area (Å²) < 4.78 is 35.7. The van der Waals surface area contributed by atoms with Gasteiger partial charge in [0.15, 0.2) is 29.3 Å². The maximum absolute atomic E-state index is 6.29. The number of benzene rings is 4. The largest absolute Gasteiger partial charge is 0.493 e. The third-order valence-electron chi connectivity index (χ3n) is 7.38. The number of hydrogen-bond acceptors (Lipinski definition) is 7. The summed E-state index contributed by atoms with van der Waals surface area (Å²) >= 11 is 0. The predicted octanol–water partition coefficient (Wildman–Crippen LogP) is 7.48. The van der Waals surface area contributed by atoms with Crippen molar-refractivity contribution in [2.45, 2.75) is 45.8 Å². The average Bonchev–Trinajstić information content (AvgIpc) is 3.06. The lowest BCUT2D eigenvalue weighted by Gasteiger charge is -2.32. The number of ether oxygens (including phenoxy) is 6. The van der Waals surface area contributed by atoms with Crippen LogP contribution in [0.2, 0.25) is 0 Å². The third-order valence-corrected chi connectivity index (χ3v) is 7.38. The van der Waals surface area contributed by atoms with Gasteiger partial charge in [0.25, 0.3) is 0 Å². The van der Waals surface area contributed by atoms with E-state index < -0.39 is 0 Å². The van der Waals surface area contributed by atoms with E-state index in [1.54, 1.807) is 14.2 Å². The minimum absolute atomic E-state index is 0.0289. The minimum Gasteiger partial charge on any atom is -0.493 e. The summed E-state index contributed by atoms with van der Waals surface area (Å²) in [5.74, 6) is 2.79. The lowest BCUT2D eigenvalue weighted by molar-refractivity contribution is -0.148. The van der Waals surface area contributed by atoms with Gasteiger partial charge in [-0.1, -0.05) is 72.8 Å². The molecular weight excluding hydrogens is 554 g/mol. The first-order valence-electron chi connectivity index (χ1n) is 15.2. The van der Waals surface area contributed by atoms with Crippen molar-refractivity contribution < 1.29 is 28.4 Å². The molecule has 0 aliphatic carbocycles. The molecule has 1 unspecified atom stereocenters. The predicted molar refractivity (Wildman–Crippen MR) is 174 cm³/mol. The molecule has 0 amide bonds. The average molecular weight is 600 g/mol. The number of nitrogens with zero attached hydrogens (tertiary/aromatic N) is 1. The molecule has 0 saturated carbocycles. The third kappa shape index (κ3) is 9.48. The van der Waals surface area contributed by atoms with Gasteiger partial charge in [-0.15, -0.1) is 0 Å². The molecule has 0 bridgehead atoms. The van der Waals surface area contributed by atoms with E-state index in [9.17, 15) is 0 Å². The van der Waals surface area contributed by atoms with E-state index in [2.05, 4.69) is 60.5 Å². The smallest absolute Gasteiger partial charge is 0.170 e. The zero-order chi connectivity index (χ0) is 31.1. The van der Waals surface area contributed by atoms with E-state index in [-0.39, 0.29) is 12.3 Å². The van der Waals surface area contributed by atoms with Crippen molar-refractivity contribution in [2.24, 2.45) is 0 Å². The van der Waals surface area contributed by atoms with Crippen molar-refractivity contribution >= 4 is 0 Å². The topological polar surface area (TPSA) is 58.6 Å². The van der Waals surface area contributed by atoms with Crippen LogP contribution in [-0.2, 0) is 29.1 Å². The Bertz CT molecular complexity index is 1390. The molecule has 0 spiro atoms. The normalized spacial score (nSPS) is 11.9. The molecule has 0 aromatic heterocycles. The zero-order valence-electron chi connectivity index (χ0n) is 26.5. The van der Waals surface area contributed by atoms with Crippen LogP contribution in [0.1, 0.15) is 42.1 Å². The fourth-order valence-electron chi connectivity index (χ4n) is 5.08. The first kappa shape index (κ1) is 32.9. The fraction of sp³-hybridized carbons (Fsp3) is 0.351. The lowest BCUT2D eigenvalue weighted by Crippen LogP contribution is -2.36. The highest BCUT2D eigenvalue weighted by Gasteiger charge is 2.24. The van der Waals surface area contributed by atoms with Crippen molar-refractivity contribution in [1.29, 1.82) is 0 Å². The second-order valence-corrected chi connectivity index (χ2v) is 10.4. The van der Waals surface area contributed by atoms with Crippen LogP contribution in [0.25, 0.3) is 0 Å². The Balaban J connectivity index is 1.63. The fourth-order valence-corrected chi connectivity index (χ4v) is 5.08. The van der Waals surface area contributed by atoms with Gasteiger partial charge in [0, 0.05) is 25.8 Å². The van der Waals surface area contributed by atoms with Gasteiger partial charge in [-0.25, -0.2) is 0 Å². The van der Waals surface area contributed by atoms with Crippen LogP contribution >= 0.6 is 0 Å². The highest BCUT2D eigenvalue weighted by Crippen LogP contribution is 2.36. The molecule has 0 aliphatic heterocycles. The molecule has 0 aliphatic rings. The number of hydrogen-bond donors (Lipinski definition) is 0. The monoisotopic (exact) mass is 599 g/mol. The first-order valence-corrected chi connectivity index (χ1v) is 15.2. The Hall–Kier alpha value is -4.04. The molecule has 4 aromatic rings. The second-order valence-electron chi connectivity index (χ2n) is 10.4. The molecule has 234 valence electrons. The van der Waals surface area contributed by atoms with Crippen molar-refractivity contribution in [1.82, 2.24) is 4.90 Å². The SMILES string of the molecule is CCOC(CN(C)C(Cc1ccc(OC)c(OCc2ccccc2)c1)c1ccc(OC)c(OCc2ccccc2)c1)OCC. The molecule has 44 heavy (non-hydrogen) atoms. The first-order chi connectivity index (χ1) is 21.5. The summed E-state index contributed by atoms with van der Waals surface area (Å²) in [5.41, 5.74) is 4.38. The summed E-state index contributed by atoms with van der Waals surface area (Å²) in [7, 11) is 5.43. The van der Waals surface area contributed by atoms with Gasteiger partial charge >= 0.3 is 0 Å². The van der Waals surface area contributed by atoms with Crippen LogP contribution in [0.3, 0.4) is 0 Å². The Morgan fingerprint density at radius 1 is 0.591 bits per heavy atom. The molecule has 0 radical (unpaired) electrons. The summed E-state index contributed by atoms with van der Waals surface area (Å²) in [6.07, 6.45) is 0.364. The van der Waals surface area contributed by atoms with Crippen LogP contribution < -0.4 is 18.9 Å².